The lowest BCUT2D eigenvalue weighted by Gasteiger charge is -2.22. The number of hydrogen-bond acceptors (Lipinski definition) is 2. The third kappa shape index (κ3) is 4.71. The molecule has 174 valence electrons. The molecule has 0 N–H and O–H groups in total. The lowest BCUT2D eigenvalue weighted by molar-refractivity contribution is 0.0741. The van der Waals surface area contributed by atoms with Gasteiger partial charge in [-0.3, -0.25) is 9.59 Å². The van der Waals surface area contributed by atoms with E-state index < -0.39 is 0 Å². The number of rotatable bonds is 7. The predicted octanol–water partition coefficient (Wildman–Crippen LogP) is 5.19. The lowest BCUT2D eigenvalue weighted by atomic mass is 10.1. The van der Waals surface area contributed by atoms with Crippen LogP contribution < -0.4 is 0 Å². The first-order valence-electron chi connectivity index (χ1n) is 11.3. The fraction of sp³-hybridized carbons (Fsp3) is 0.214. The second-order valence-electron chi connectivity index (χ2n) is 8.48. The molecule has 0 bridgehead atoms. The molecule has 3 aromatic carbocycles. The molecule has 0 atom stereocenters. The van der Waals surface area contributed by atoms with Gasteiger partial charge in [0.25, 0.3) is 11.8 Å². The van der Waals surface area contributed by atoms with Crippen molar-refractivity contribution in [3.05, 3.63) is 107 Å². The van der Waals surface area contributed by atoms with Crippen LogP contribution in [0.15, 0.2) is 78.9 Å². The van der Waals surface area contributed by atoms with Crippen molar-refractivity contribution in [2.24, 2.45) is 0 Å². The van der Waals surface area contributed by atoms with E-state index in [2.05, 4.69) is 0 Å². The van der Waals surface area contributed by atoms with Crippen molar-refractivity contribution in [2.45, 2.75) is 20.0 Å². The Balaban J connectivity index is 1.64. The summed E-state index contributed by atoms with van der Waals surface area (Å²) in [4.78, 5) is 29.1. The highest BCUT2D eigenvalue weighted by molar-refractivity contribution is 5.99. The number of halogens is 1. The van der Waals surface area contributed by atoms with Gasteiger partial charge in [-0.2, -0.15) is 0 Å². The van der Waals surface area contributed by atoms with Crippen molar-refractivity contribution in [3.8, 4) is 0 Å². The van der Waals surface area contributed by atoms with Crippen LogP contribution in [0.25, 0.3) is 10.9 Å². The van der Waals surface area contributed by atoms with Crippen LogP contribution in [0, 0.1) is 5.82 Å². The first-order valence-corrected chi connectivity index (χ1v) is 11.3. The molecule has 0 spiro atoms. The molecule has 1 heterocycles. The van der Waals surface area contributed by atoms with Crippen molar-refractivity contribution in [3.63, 3.8) is 0 Å². The molecule has 0 unspecified atom stereocenters. The maximum Gasteiger partial charge on any atom is 0.270 e. The SMILES string of the molecule is CCN(Cc1ccc(C(=O)N(C)C)cc1)C(=O)c1cc2ccccc2n1Cc1ccccc1F. The fourth-order valence-electron chi connectivity index (χ4n) is 4.08. The zero-order chi connectivity index (χ0) is 24.2. The first-order chi connectivity index (χ1) is 16.4. The van der Waals surface area contributed by atoms with Gasteiger partial charge in [0.1, 0.15) is 11.5 Å². The molecule has 34 heavy (non-hydrogen) atoms. The Bertz CT molecular complexity index is 1330. The van der Waals surface area contributed by atoms with E-state index in [9.17, 15) is 14.0 Å². The van der Waals surface area contributed by atoms with E-state index in [1.165, 1.54) is 11.0 Å². The topological polar surface area (TPSA) is 45.6 Å². The van der Waals surface area contributed by atoms with E-state index in [0.717, 1.165) is 16.5 Å². The number of carbonyl (C=O) groups is 2. The Labute approximate surface area is 199 Å². The summed E-state index contributed by atoms with van der Waals surface area (Å²) in [6.45, 7) is 3.12. The summed E-state index contributed by atoms with van der Waals surface area (Å²) in [6.07, 6.45) is 0. The van der Waals surface area contributed by atoms with Gasteiger partial charge in [0.2, 0.25) is 0 Å². The van der Waals surface area contributed by atoms with Gasteiger partial charge < -0.3 is 14.4 Å². The Morgan fingerprint density at radius 1 is 0.882 bits per heavy atom. The molecule has 0 aliphatic rings. The highest BCUT2D eigenvalue weighted by Crippen LogP contribution is 2.24. The Kier molecular flexibility index (Phi) is 6.77. The van der Waals surface area contributed by atoms with Crippen molar-refractivity contribution < 1.29 is 14.0 Å². The number of amides is 2. The normalized spacial score (nSPS) is 10.9. The summed E-state index contributed by atoms with van der Waals surface area (Å²) in [7, 11) is 3.43. The monoisotopic (exact) mass is 457 g/mol. The number of carbonyl (C=O) groups excluding carboxylic acids is 2. The van der Waals surface area contributed by atoms with Gasteiger partial charge in [-0.15, -0.1) is 0 Å². The molecule has 0 aliphatic heterocycles. The average molecular weight is 458 g/mol. The van der Waals surface area contributed by atoms with Crippen LogP contribution in [0.3, 0.4) is 0 Å². The molecule has 6 heteroatoms. The molecule has 0 radical (unpaired) electrons. The molecule has 0 saturated carbocycles. The largest absolute Gasteiger partial charge is 0.345 e. The molecule has 5 nitrogen and oxygen atoms in total. The Morgan fingerprint density at radius 3 is 2.24 bits per heavy atom. The van der Waals surface area contributed by atoms with Gasteiger partial charge in [-0.25, -0.2) is 4.39 Å². The molecule has 4 rings (SSSR count). The van der Waals surface area contributed by atoms with Crippen LogP contribution in [-0.2, 0) is 13.1 Å². The van der Waals surface area contributed by atoms with Crippen molar-refractivity contribution >= 4 is 22.7 Å². The zero-order valence-electron chi connectivity index (χ0n) is 19.7. The summed E-state index contributed by atoms with van der Waals surface area (Å²) in [5.74, 6) is -0.477. The molecule has 0 saturated heterocycles. The van der Waals surface area contributed by atoms with E-state index in [-0.39, 0.29) is 24.2 Å². The molecule has 1 aromatic heterocycles. The third-order valence-corrected chi connectivity index (χ3v) is 5.97. The number of nitrogens with zero attached hydrogens (tertiary/aromatic N) is 3. The standard InChI is InChI=1S/C28H28FN3O2/c1-4-31(18-20-13-15-21(16-14-20)27(33)30(2)3)28(34)26-17-22-9-6-8-12-25(22)32(26)19-23-10-5-7-11-24(23)29/h5-17H,4,18-19H2,1-3H3. The summed E-state index contributed by atoms with van der Waals surface area (Å²) < 4.78 is 16.3. The van der Waals surface area contributed by atoms with E-state index >= 15 is 0 Å². The summed E-state index contributed by atoms with van der Waals surface area (Å²) >= 11 is 0. The van der Waals surface area contributed by atoms with Crippen LogP contribution in [-0.4, -0.2) is 46.8 Å². The molecule has 4 aromatic rings. The second kappa shape index (κ2) is 9.91. The van der Waals surface area contributed by atoms with Gasteiger partial charge in [0, 0.05) is 49.2 Å². The summed E-state index contributed by atoms with van der Waals surface area (Å²) in [5.41, 5.74) is 3.47. The molecule has 0 fully saturated rings. The predicted molar refractivity (Wildman–Crippen MR) is 132 cm³/mol. The lowest BCUT2D eigenvalue weighted by Crippen LogP contribution is -2.32. The van der Waals surface area contributed by atoms with E-state index in [4.69, 9.17) is 0 Å². The number of aromatic nitrogens is 1. The van der Waals surface area contributed by atoms with Gasteiger partial charge in [-0.1, -0.05) is 48.5 Å². The Hall–Kier alpha value is -3.93. The van der Waals surface area contributed by atoms with Crippen LogP contribution in [0.1, 0.15) is 38.9 Å². The van der Waals surface area contributed by atoms with Gasteiger partial charge >= 0.3 is 0 Å². The third-order valence-electron chi connectivity index (χ3n) is 5.97. The second-order valence-corrected chi connectivity index (χ2v) is 8.48. The number of hydrogen-bond donors (Lipinski definition) is 0. The summed E-state index contributed by atoms with van der Waals surface area (Å²) in [5, 5.41) is 0.935. The highest BCUT2D eigenvalue weighted by Gasteiger charge is 2.21. The molecular weight excluding hydrogens is 429 g/mol. The van der Waals surface area contributed by atoms with Gasteiger partial charge in [0.05, 0.1) is 6.54 Å². The maximum absolute atomic E-state index is 14.4. The van der Waals surface area contributed by atoms with Crippen molar-refractivity contribution in [1.82, 2.24) is 14.4 Å². The fourth-order valence-corrected chi connectivity index (χ4v) is 4.08. The van der Waals surface area contributed by atoms with Gasteiger partial charge in [-0.05, 0) is 42.8 Å². The average Bonchev–Trinajstić information content (AvgIpc) is 3.21. The minimum absolute atomic E-state index is 0.0624. The minimum atomic E-state index is -0.293. The van der Waals surface area contributed by atoms with Crippen LogP contribution >= 0.6 is 0 Å². The highest BCUT2D eigenvalue weighted by atomic mass is 19.1. The van der Waals surface area contributed by atoms with Gasteiger partial charge in [0.15, 0.2) is 0 Å². The minimum Gasteiger partial charge on any atom is -0.345 e. The van der Waals surface area contributed by atoms with E-state index in [0.29, 0.717) is 29.9 Å². The maximum atomic E-state index is 14.4. The number of para-hydroxylation sites is 1. The van der Waals surface area contributed by atoms with Crippen LogP contribution in [0.5, 0.6) is 0 Å². The number of fused-ring (bicyclic) bond motifs is 1. The summed E-state index contributed by atoms with van der Waals surface area (Å²) in [6, 6.07) is 23.6. The van der Waals surface area contributed by atoms with Crippen molar-refractivity contribution in [2.75, 3.05) is 20.6 Å². The van der Waals surface area contributed by atoms with Crippen LogP contribution in [0.4, 0.5) is 4.39 Å². The molecule has 0 aliphatic carbocycles. The molecular formula is C28H28FN3O2. The molecule has 2 amide bonds. The smallest absolute Gasteiger partial charge is 0.270 e. The Morgan fingerprint density at radius 2 is 1.56 bits per heavy atom. The van der Waals surface area contributed by atoms with Crippen LogP contribution in [0.2, 0.25) is 0 Å². The quantitative estimate of drug-likeness (QED) is 0.383. The number of benzene rings is 3. The van der Waals surface area contributed by atoms with E-state index in [1.807, 2.05) is 54.0 Å². The van der Waals surface area contributed by atoms with E-state index in [1.54, 1.807) is 49.3 Å². The first kappa shape index (κ1) is 23.2. The zero-order valence-corrected chi connectivity index (χ0v) is 19.7. The van der Waals surface area contributed by atoms with Crippen molar-refractivity contribution in [1.29, 1.82) is 0 Å².